The molecule has 0 radical (unpaired) electrons. The molecule has 1 amide bonds. The molecule has 3 rings (SSSR count). The molecule has 1 aromatic carbocycles. The molecule has 2 aromatic rings. The number of hydrogen-bond donors (Lipinski definition) is 2. The van der Waals surface area contributed by atoms with Crippen molar-refractivity contribution in [2.45, 2.75) is 59.6 Å². The first-order chi connectivity index (χ1) is 15.1. The second-order valence-corrected chi connectivity index (χ2v) is 9.74. The van der Waals surface area contributed by atoms with Crippen LogP contribution in [0.15, 0.2) is 30.6 Å². The van der Waals surface area contributed by atoms with Crippen molar-refractivity contribution in [2.75, 3.05) is 6.61 Å². The molecular formula is C25H31N3O4. The zero-order chi connectivity index (χ0) is 23.5. The van der Waals surface area contributed by atoms with Gasteiger partial charge in [-0.05, 0) is 43.2 Å². The SMILES string of the molecule is CC(C[C@@H](COc1cc2c(cc1C#N)-c1cnccc1C(C)O2)NC(=O)O)CC(C)(C)C. The van der Waals surface area contributed by atoms with Crippen molar-refractivity contribution in [2.24, 2.45) is 11.3 Å². The number of carboxylic acid groups (broad SMARTS) is 1. The van der Waals surface area contributed by atoms with E-state index in [1.165, 1.54) is 0 Å². The quantitative estimate of drug-likeness (QED) is 0.588. The van der Waals surface area contributed by atoms with Crippen LogP contribution in [0.2, 0.25) is 0 Å². The van der Waals surface area contributed by atoms with Crippen molar-refractivity contribution in [1.82, 2.24) is 10.3 Å². The maximum Gasteiger partial charge on any atom is 0.404 e. The summed E-state index contributed by atoms with van der Waals surface area (Å²) in [7, 11) is 0. The van der Waals surface area contributed by atoms with E-state index >= 15 is 0 Å². The molecule has 3 atom stereocenters. The highest BCUT2D eigenvalue weighted by atomic mass is 16.5. The zero-order valence-corrected chi connectivity index (χ0v) is 19.3. The minimum absolute atomic E-state index is 0.127. The number of hydrogen-bond acceptors (Lipinski definition) is 5. The van der Waals surface area contributed by atoms with Gasteiger partial charge in [0, 0.05) is 35.2 Å². The van der Waals surface area contributed by atoms with Gasteiger partial charge in [-0.1, -0.05) is 27.7 Å². The molecule has 0 saturated carbocycles. The Morgan fingerprint density at radius 3 is 2.78 bits per heavy atom. The fourth-order valence-corrected chi connectivity index (χ4v) is 4.46. The van der Waals surface area contributed by atoms with E-state index < -0.39 is 12.1 Å². The van der Waals surface area contributed by atoms with Crippen LogP contribution in [-0.2, 0) is 0 Å². The number of nitriles is 1. The van der Waals surface area contributed by atoms with Crippen LogP contribution in [0.1, 0.15) is 64.7 Å². The highest BCUT2D eigenvalue weighted by molar-refractivity contribution is 5.78. The Hall–Kier alpha value is -3.27. The van der Waals surface area contributed by atoms with Crippen LogP contribution in [-0.4, -0.2) is 28.8 Å². The monoisotopic (exact) mass is 437 g/mol. The van der Waals surface area contributed by atoms with Crippen molar-refractivity contribution < 1.29 is 19.4 Å². The molecule has 7 heteroatoms. The van der Waals surface area contributed by atoms with Gasteiger partial charge in [-0.3, -0.25) is 4.98 Å². The van der Waals surface area contributed by atoms with Gasteiger partial charge in [-0.2, -0.15) is 5.26 Å². The van der Waals surface area contributed by atoms with Gasteiger partial charge >= 0.3 is 6.09 Å². The Kier molecular flexibility index (Phi) is 6.93. The van der Waals surface area contributed by atoms with Crippen LogP contribution in [0.25, 0.3) is 11.1 Å². The van der Waals surface area contributed by atoms with Crippen molar-refractivity contribution in [3.05, 3.63) is 41.7 Å². The first kappa shape index (κ1) is 23.4. The van der Waals surface area contributed by atoms with E-state index in [4.69, 9.17) is 9.47 Å². The van der Waals surface area contributed by atoms with Crippen molar-refractivity contribution >= 4 is 6.09 Å². The first-order valence-corrected chi connectivity index (χ1v) is 10.9. The summed E-state index contributed by atoms with van der Waals surface area (Å²) in [4.78, 5) is 15.5. The van der Waals surface area contributed by atoms with Gasteiger partial charge in [-0.15, -0.1) is 0 Å². The van der Waals surface area contributed by atoms with Gasteiger partial charge in [0.25, 0.3) is 0 Å². The number of rotatable bonds is 7. The Morgan fingerprint density at radius 2 is 2.12 bits per heavy atom. The van der Waals surface area contributed by atoms with Crippen LogP contribution >= 0.6 is 0 Å². The zero-order valence-electron chi connectivity index (χ0n) is 19.3. The molecule has 2 heterocycles. The summed E-state index contributed by atoms with van der Waals surface area (Å²) in [5, 5.41) is 21.5. The molecule has 0 bridgehead atoms. The maximum absolute atomic E-state index is 11.3. The number of pyridine rings is 1. The lowest BCUT2D eigenvalue weighted by Gasteiger charge is -2.28. The third kappa shape index (κ3) is 5.70. The summed E-state index contributed by atoms with van der Waals surface area (Å²) in [5.41, 5.74) is 3.27. The van der Waals surface area contributed by atoms with Gasteiger partial charge < -0.3 is 19.9 Å². The summed E-state index contributed by atoms with van der Waals surface area (Å²) in [5.74, 6) is 1.31. The van der Waals surface area contributed by atoms with Gasteiger partial charge in [0.1, 0.15) is 30.3 Å². The number of benzene rings is 1. The lowest BCUT2D eigenvalue weighted by molar-refractivity contribution is 0.171. The van der Waals surface area contributed by atoms with Crippen molar-refractivity contribution in [3.8, 4) is 28.7 Å². The van der Waals surface area contributed by atoms with Gasteiger partial charge in [-0.25, -0.2) is 4.79 Å². The molecule has 1 aliphatic heterocycles. The number of aromatic nitrogens is 1. The predicted octanol–water partition coefficient (Wildman–Crippen LogP) is 5.55. The molecule has 0 saturated heterocycles. The molecule has 1 aliphatic rings. The number of carbonyl (C=O) groups is 1. The fraction of sp³-hybridized carbons (Fsp3) is 0.480. The molecule has 0 aliphatic carbocycles. The molecule has 1 aromatic heterocycles. The lowest BCUT2D eigenvalue weighted by atomic mass is 9.83. The average molecular weight is 438 g/mol. The second-order valence-electron chi connectivity index (χ2n) is 9.74. The van der Waals surface area contributed by atoms with Gasteiger partial charge in [0.15, 0.2) is 0 Å². The summed E-state index contributed by atoms with van der Waals surface area (Å²) in [6, 6.07) is 7.18. The number of fused-ring (bicyclic) bond motifs is 3. The molecule has 2 unspecified atom stereocenters. The summed E-state index contributed by atoms with van der Waals surface area (Å²) < 4.78 is 12.0. The van der Waals surface area contributed by atoms with E-state index in [-0.39, 0.29) is 18.1 Å². The summed E-state index contributed by atoms with van der Waals surface area (Å²) in [6.45, 7) is 10.7. The molecular weight excluding hydrogens is 406 g/mol. The fourth-order valence-electron chi connectivity index (χ4n) is 4.46. The first-order valence-electron chi connectivity index (χ1n) is 10.9. The number of nitrogens with zero attached hydrogens (tertiary/aromatic N) is 2. The molecule has 2 N–H and O–H groups in total. The van der Waals surface area contributed by atoms with E-state index in [1.54, 1.807) is 24.5 Å². The average Bonchev–Trinajstić information content (AvgIpc) is 2.70. The Morgan fingerprint density at radius 1 is 1.38 bits per heavy atom. The van der Waals surface area contributed by atoms with Crippen LogP contribution in [0.3, 0.4) is 0 Å². The maximum atomic E-state index is 11.3. The van der Waals surface area contributed by atoms with Crippen LogP contribution in [0, 0.1) is 22.7 Å². The summed E-state index contributed by atoms with van der Waals surface area (Å²) >= 11 is 0. The van der Waals surface area contributed by atoms with Crippen LogP contribution in [0.4, 0.5) is 4.79 Å². The van der Waals surface area contributed by atoms with Crippen LogP contribution < -0.4 is 14.8 Å². The smallest absolute Gasteiger partial charge is 0.404 e. The summed E-state index contributed by atoms with van der Waals surface area (Å²) in [6.07, 6.45) is 3.87. The van der Waals surface area contributed by atoms with E-state index in [0.717, 1.165) is 23.1 Å². The van der Waals surface area contributed by atoms with Crippen LogP contribution in [0.5, 0.6) is 11.5 Å². The third-order valence-corrected chi connectivity index (χ3v) is 5.50. The predicted molar refractivity (Wildman–Crippen MR) is 122 cm³/mol. The second kappa shape index (κ2) is 9.47. The number of amides is 1. The highest BCUT2D eigenvalue weighted by Gasteiger charge is 2.26. The van der Waals surface area contributed by atoms with E-state index in [9.17, 15) is 15.2 Å². The van der Waals surface area contributed by atoms with E-state index in [1.807, 2.05) is 13.0 Å². The normalized spacial score (nSPS) is 16.6. The third-order valence-electron chi connectivity index (χ3n) is 5.50. The largest absolute Gasteiger partial charge is 0.490 e. The molecule has 7 nitrogen and oxygen atoms in total. The molecule has 32 heavy (non-hydrogen) atoms. The van der Waals surface area contributed by atoms with E-state index in [0.29, 0.717) is 29.4 Å². The van der Waals surface area contributed by atoms with Crippen molar-refractivity contribution in [3.63, 3.8) is 0 Å². The Labute approximate surface area is 189 Å². The van der Waals surface area contributed by atoms with Crippen molar-refractivity contribution in [1.29, 1.82) is 5.26 Å². The van der Waals surface area contributed by atoms with Gasteiger partial charge in [0.05, 0.1) is 11.6 Å². The highest BCUT2D eigenvalue weighted by Crippen LogP contribution is 2.44. The molecule has 0 fully saturated rings. The van der Waals surface area contributed by atoms with E-state index in [2.05, 4.69) is 44.1 Å². The minimum Gasteiger partial charge on any atom is -0.490 e. The lowest BCUT2D eigenvalue weighted by Crippen LogP contribution is -2.39. The Balaban J connectivity index is 1.81. The number of ether oxygens (including phenoxy) is 2. The minimum atomic E-state index is -1.09. The topological polar surface area (TPSA) is 104 Å². The molecule has 170 valence electrons. The Bertz CT molecular complexity index is 1020. The van der Waals surface area contributed by atoms with Gasteiger partial charge in [0.2, 0.25) is 0 Å². The molecule has 0 spiro atoms. The standard InChI is InChI=1S/C25H31N3O4/c1-15(11-25(3,4)5)8-18(28-24(29)30)14-31-22-10-23-20(9-17(22)12-26)21-13-27-7-6-19(21)16(2)32-23/h6-7,9-10,13,15-16,18,28H,8,11,14H2,1-5H3,(H,29,30)/t15?,16?,18-/m0/s1. The number of nitrogens with one attached hydrogen (secondary N) is 1.